The van der Waals surface area contributed by atoms with Gasteiger partial charge in [-0.25, -0.2) is 18.4 Å². The molecule has 24 heavy (non-hydrogen) atoms. The topological polar surface area (TPSA) is 116 Å². The van der Waals surface area contributed by atoms with Gasteiger partial charge in [0.2, 0.25) is 10.0 Å². The van der Waals surface area contributed by atoms with Crippen LogP contribution in [0.2, 0.25) is 4.34 Å². The van der Waals surface area contributed by atoms with Gasteiger partial charge < -0.3 is 10.1 Å². The largest absolute Gasteiger partial charge is 0.448 e. The molecule has 0 saturated heterocycles. The molecule has 0 aliphatic rings. The number of ether oxygens (including phenoxy) is 1. The second-order valence-corrected chi connectivity index (χ2v) is 7.99. The lowest BCUT2D eigenvalue weighted by atomic mass is 10.3. The van der Waals surface area contributed by atoms with Crippen LogP contribution in [0.25, 0.3) is 0 Å². The fourth-order valence-corrected chi connectivity index (χ4v) is 3.11. The zero-order valence-corrected chi connectivity index (χ0v) is 14.7. The van der Waals surface area contributed by atoms with Crippen LogP contribution >= 0.6 is 22.9 Å². The maximum atomic E-state index is 12.0. The van der Waals surface area contributed by atoms with E-state index < -0.39 is 28.0 Å². The van der Waals surface area contributed by atoms with Crippen molar-refractivity contribution in [3.8, 4) is 0 Å². The van der Waals surface area contributed by atoms with Crippen LogP contribution in [-0.4, -0.2) is 26.4 Å². The number of nitrogens with two attached hydrogens (primary N) is 1. The highest BCUT2D eigenvalue weighted by Crippen LogP contribution is 2.22. The first-order chi connectivity index (χ1) is 11.2. The van der Waals surface area contributed by atoms with Gasteiger partial charge in [-0.2, -0.15) is 0 Å². The molecular weight excluding hydrogens is 376 g/mol. The molecule has 1 amide bonds. The van der Waals surface area contributed by atoms with Crippen molar-refractivity contribution in [3.63, 3.8) is 0 Å². The smallest absolute Gasteiger partial charge is 0.349 e. The third-order valence-corrected chi connectivity index (χ3v) is 5.02. The molecule has 3 N–H and O–H groups in total. The zero-order chi connectivity index (χ0) is 17.9. The SMILES string of the molecule is C[C@H](OC(=O)c1ccc(Cl)s1)C(=O)Nc1ccc(S(N)(=O)=O)cc1. The molecule has 1 heterocycles. The summed E-state index contributed by atoms with van der Waals surface area (Å²) in [5.41, 5.74) is 0.342. The van der Waals surface area contributed by atoms with Crippen molar-refractivity contribution in [2.75, 3.05) is 5.32 Å². The minimum absolute atomic E-state index is 0.0745. The average Bonchev–Trinajstić information content (AvgIpc) is 2.93. The molecule has 1 atom stereocenters. The third-order valence-electron chi connectivity index (χ3n) is 2.88. The Morgan fingerprint density at radius 3 is 2.33 bits per heavy atom. The minimum Gasteiger partial charge on any atom is -0.448 e. The van der Waals surface area contributed by atoms with Gasteiger partial charge in [0.1, 0.15) is 4.88 Å². The van der Waals surface area contributed by atoms with Gasteiger partial charge in [0.25, 0.3) is 5.91 Å². The van der Waals surface area contributed by atoms with Crippen molar-refractivity contribution in [1.82, 2.24) is 0 Å². The molecule has 2 rings (SSSR count). The van der Waals surface area contributed by atoms with Crippen molar-refractivity contribution in [3.05, 3.63) is 45.6 Å². The van der Waals surface area contributed by atoms with Crippen LogP contribution < -0.4 is 10.5 Å². The first-order valence-electron chi connectivity index (χ1n) is 6.57. The molecule has 0 radical (unpaired) electrons. The standard InChI is InChI=1S/C14H13ClN2O5S2/c1-8(22-14(19)11-6-7-12(15)23-11)13(18)17-9-2-4-10(5-3-9)24(16,20)21/h2-8H,1H3,(H,17,18)(H2,16,20,21)/t8-/m0/s1. The molecule has 0 spiro atoms. The monoisotopic (exact) mass is 388 g/mol. The van der Waals surface area contributed by atoms with Crippen LogP contribution in [0, 0.1) is 0 Å². The highest BCUT2D eigenvalue weighted by molar-refractivity contribution is 7.89. The molecule has 0 bridgehead atoms. The summed E-state index contributed by atoms with van der Waals surface area (Å²) in [5, 5.41) is 7.50. The number of halogens is 1. The van der Waals surface area contributed by atoms with Gasteiger partial charge in [0.05, 0.1) is 9.23 Å². The van der Waals surface area contributed by atoms with E-state index in [9.17, 15) is 18.0 Å². The van der Waals surface area contributed by atoms with Crippen LogP contribution in [0.15, 0.2) is 41.3 Å². The number of carbonyl (C=O) groups is 2. The van der Waals surface area contributed by atoms with E-state index in [4.69, 9.17) is 21.5 Å². The van der Waals surface area contributed by atoms with E-state index in [1.54, 1.807) is 6.07 Å². The fraction of sp³-hybridized carbons (Fsp3) is 0.143. The number of nitrogens with one attached hydrogen (secondary N) is 1. The van der Waals surface area contributed by atoms with Gasteiger partial charge in [-0.3, -0.25) is 4.79 Å². The van der Waals surface area contributed by atoms with Gasteiger partial charge in [-0.05, 0) is 43.3 Å². The number of hydrogen-bond donors (Lipinski definition) is 2. The van der Waals surface area contributed by atoms with Crippen molar-refractivity contribution >= 4 is 50.5 Å². The average molecular weight is 389 g/mol. The number of carbonyl (C=O) groups excluding carboxylic acids is 2. The molecule has 128 valence electrons. The van der Waals surface area contributed by atoms with E-state index in [0.717, 1.165) is 11.3 Å². The number of amides is 1. The number of primary sulfonamides is 1. The van der Waals surface area contributed by atoms with E-state index in [2.05, 4.69) is 5.32 Å². The number of anilines is 1. The maximum absolute atomic E-state index is 12.0. The Morgan fingerprint density at radius 1 is 1.21 bits per heavy atom. The van der Waals surface area contributed by atoms with Gasteiger partial charge in [-0.1, -0.05) is 11.6 Å². The summed E-state index contributed by atoms with van der Waals surface area (Å²) in [6.45, 7) is 1.42. The summed E-state index contributed by atoms with van der Waals surface area (Å²) < 4.78 is 27.8. The summed E-state index contributed by atoms with van der Waals surface area (Å²) in [7, 11) is -3.80. The molecule has 0 aliphatic heterocycles. The van der Waals surface area contributed by atoms with Crippen LogP contribution in [0.4, 0.5) is 5.69 Å². The van der Waals surface area contributed by atoms with Crippen molar-refractivity contribution in [2.45, 2.75) is 17.9 Å². The molecule has 2 aromatic rings. The minimum atomic E-state index is -3.80. The Morgan fingerprint density at radius 2 is 1.83 bits per heavy atom. The second kappa shape index (κ2) is 7.31. The Bertz CT molecular complexity index is 862. The normalized spacial score (nSPS) is 12.5. The molecule has 0 fully saturated rings. The summed E-state index contributed by atoms with van der Waals surface area (Å²) in [5.74, 6) is -1.21. The molecule has 0 aliphatic carbocycles. The van der Waals surface area contributed by atoms with Crippen molar-refractivity contribution < 1.29 is 22.7 Å². The lowest BCUT2D eigenvalue weighted by molar-refractivity contribution is -0.123. The Hall–Kier alpha value is -1.94. The molecular formula is C14H13ClN2O5S2. The van der Waals surface area contributed by atoms with Crippen LogP contribution in [0.1, 0.15) is 16.6 Å². The lowest BCUT2D eigenvalue weighted by Crippen LogP contribution is -2.29. The van der Waals surface area contributed by atoms with Crippen molar-refractivity contribution in [2.24, 2.45) is 5.14 Å². The summed E-state index contributed by atoms with van der Waals surface area (Å²) >= 11 is 6.78. The predicted molar refractivity (Wildman–Crippen MR) is 90.7 cm³/mol. The van der Waals surface area contributed by atoms with Gasteiger partial charge >= 0.3 is 5.97 Å². The van der Waals surface area contributed by atoms with Crippen LogP contribution in [0.3, 0.4) is 0 Å². The number of hydrogen-bond acceptors (Lipinski definition) is 6. The highest BCUT2D eigenvalue weighted by atomic mass is 35.5. The molecule has 1 aromatic carbocycles. The van der Waals surface area contributed by atoms with Gasteiger partial charge in [-0.15, -0.1) is 11.3 Å². The van der Waals surface area contributed by atoms with Gasteiger partial charge in [0.15, 0.2) is 6.10 Å². The Labute approximate surface area is 147 Å². The molecule has 1 aromatic heterocycles. The quantitative estimate of drug-likeness (QED) is 0.762. The van der Waals surface area contributed by atoms with E-state index in [1.807, 2.05) is 0 Å². The van der Waals surface area contributed by atoms with Crippen molar-refractivity contribution in [1.29, 1.82) is 0 Å². The lowest BCUT2D eigenvalue weighted by Gasteiger charge is -2.13. The molecule has 7 nitrogen and oxygen atoms in total. The summed E-state index contributed by atoms with van der Waals surface area (Å²) in [4.78, 5) is 24.1. The van der Waals surface area contributed by atoms with Crippen LogP contribution in [-0.2, 0) is 19.6 Å². The first kappa shape index (κ1) is 18.4. The second-order valence-electron chi connectivity index (χ2n) is 4.71. The molecule has 0 unspecified atom stereocenters. The Kier molecular flexibility index (Phi) is 5.60. The molecule has 0 saturated carbocycles. The summed E-state index contributed by atoms with van der Waals surface area (Å²) in [6, 6.07) is 8.34. The third kappa shape index (κ3) is 4.78. The number of sulfonamides is 1. The first-order valence-corrected chi connectivity index (χ1v) is 9.31. The van der Waals surface area contributed by atoms with E-state index in [0.29, 0.717) is 10.0 Å². The van der Waals surface area contributed by atoms with Gasteiger partial charge in [0, 0.05) is 5.69 Å². The predicted octanol–water partition coefficient (Wildman–Crippen LogP) is 2.23. The fourth-order valence-electron chi connectivity index (χ4n) is 1.67. The van der Waals surface area contributed by atoms with Crippen LogP contribution in [0.5, 0.6) is 0 Å². The van der Waals surface area contributed by atoms with E-state index in [1.165, 1.54) is 37.3 Å². The highest BCUT2D eigenvalue weighted by Gasteiger charge is 2.20. The number of rotatable bonds is 5. The number of thiophene rings is 1. The zero-order valence-electron chi connectivity index (χ0n) is 12.4. The maximum Gasteiger partial charge on any atom is 0.349 e. The summed E-state index contributed by atoms with van der Waals surface area (Å²) in [6.07, 6.45) is -1.05. The van der Waals surface area contributed by atoms with E-state index >= 15 is 0 Å². The number of benzene rings is 1. The Balaban J connectivity index is 1.97. The molecule has 10 heteroatoms. The van der Waals surface area contributed by atoms with E-state index in [-0.39, 0.29) is 9.77 Å². The number of esters is 1.